The average molecular weight is 225 g/mol. The quantitative estimate of drug-likeness (QED) is 0.787. The van der Waals surface area contributed by atoms with Gasteiger partial charge >= 0.3 is 0 Å². The lowest BCUT2D eigenvalue weighted by Crippen LogP contribution is -2.23. The smallest absolute Gasteiger partial charge is 0.128 e. The highest BCUT2D eigenvalue weighted by molar-refractivity contribution is 5.43. The Morgan fingerprint density at radius 1 is 1.12 bits per heavy atom. The number of anilines is 1. The van der Waals surface area contributed by atoms with Crippen LogP contribution in [0.4, 0.5) is 5.82 Å². The van der Waals surface area contributed by atoms with E-state index in [0.717, 1.165) is 12.4 Å². The molecule has 1 fully saturated rings. The molecule has 3 heteroatoms. The van der Waals surface area contributed by atoms with E-state index >= 15 is 0 Å². The average Bonchev–Trinajstić information content (AvgIpc) is 2.90. The van der Waals surface area contributed by atoms with E-state index in [1.807, 2.05) is 36.8 Å². The van der Waals surface area contributed by atoms with Crippen LogP contribution >= 0.6 is 0 Å². The lowest BCUT2D eigenvalue weighted by molar-refractivity contribution is 0.708. The SMILES string of the molecule is c1ccc(N2CCCC2c2cccnc2)nc1. The molecule has 3 nitrogen and oxygen atoms in total. The Morgan fingerprint density at radius 2 is 2.12 bits per heavy atom. The summed E-state index contributed by atoms with van der Waals surface area (Å²) in [6.07, 6.45) is 8.04. The molecule has 1 saturated heterocycles. The van der Waals surface area contributed by atoms with E-state index in [1.165, 1.54) is 18.4 Å². The third-order valence-electron chi connectivity index (χ3n) is 3.27. The van der Waals surface area contributed by atoms with Crippen molar-refractivity contribution in [3.05, 3.63) is 54.5 Å². The number of hydrogen-bond donors (Lipinski definition) is 0. The third-order valence-corrected chi connectivity index (χ3v) is 3.27. The number of nitrogens with zero attached hydrogens (tertiary/aromatic N) is 3. The molecule has 0 saturated carbocycles. The third kappa shape index (κ3) is 2.00. The van der Waals surface area contributed by atoms with E-state index in [-0.39, 0.29) is 0 Å². The zero-order valence-electron chi connectivity index (χ0n) is 9.66. The molecular formula is C14H15N3. The molecule has 1 aliphatic heterocycles. The standard InChI is InChI=1S/C14H15N3/c1-2-9-16-14(7-1)17-10-4-6-13(17)12-5-3-8-15-11-12/h1-3,5,7-9,11,13H,4,6,10H2. The molecule has 17 heavy (non-hydrogen) atoms. The summed E-state index contributed by atoms with van der Waals surface area (Å²) in [6.45, 7) is 1.08. The first-order chi connectivity index (χ1) is 8.45. The fourth-order valence-electron chi connectivity index (χ4n) is 2.48. The number of rotatable bonds is 2. The molecule has 0 bridgehead atoms. The van der Waals surface area contributed by atoms with E-state index in [4.69, 9.17) is 0 Å². The van der Waals surface area contributed by atoms with Crippen molar-refractivity contribution in [1.29, 1.82) is 0 Å². The number of aromatic nitrogens is 2. The first-order valence-electron chi connectivity index (χ1n) is 6.03. The van der Waals surface area contributed by atoms with Crippen LogP contribution in [0.15, 0.2) is 48.9 Å². The van der Waals surface area contributed by atoms with Crippen molar-refractivity contribution < 1.29 is 0 Å². The Bertz CT molecular complexity index is 424. The van der Waals surface area contributed by atoms with Crippen molar-refractivity contribution in [1.82, 2.24) is 9.97 Å². The summed E-state index contributed by atoms with van der Waals surface area (Å²) in [7, 11) is 0. The summed E-state index contributed by atoms with van der Waals surface area (Å²) in [5.74, 6) is 1.07. The van der Waals surface area contributed by atoms with Gasteiger partial charge in [-0.3, -0.25) is 4.98 Å². The Balaban J connectivity index is 1.91. The van der Waals surface area contributed by atoms with E-state index < -0.39 is 0 Å². The lowest BCUT2D eigenvalue weighted by Gasteiger charge is -2.25. The second-order valence-electron chi connectivity index (χ2n) is 4.33. The van der Waals surface area contributed by atoms with Crippen LogP contribution in [0, 0.1) is 0 Å². The van der Waals surface area contributed by atoms with E-state index in [9.17, 15) is 0 Å². The van der Waals surface area contributed by atoms with Crippen LogP contribution in [0.2, 0.25) is 0 Å². The molecule has 3 heterocycles. The predicted octanol–water partition coefficient (Wildman–Crippen LogP) is 2.82. The molecule has 0 amide bonds. The highest BCUT2D eigenvalue weighted by atomic mass is 15.2. The normalized spacial score (nSPS) is 19.5. The summed E-state index contributed by atoms with van der Waals surface area (Å²) in [5, 5.41) is 0. The minimum atomic E-state index is 0.429. The van der Waals surface area contributed by atoms with Crippen molar-refractivity contribution in [3.63, 3.8) is 0 Å². The molecular weight excluding hydrogens is 210 g/mol. The number of hydrogen-bond acceptors (Lipinski definition) is 3. The second-order valence-corrected chi connectivity index (χ2v) is 4.33. The maximum Gasteiger partial charge on any atom is 0.128 e. The monoisotopic (exact) mass is 225 g/mol. The van der Waals surface area contributed by atoms with Crippen LogP contribution in [-0.2, 0) is 0 Å². The maximum atomic E-state index is 4.44. The fourth-order valence-corrected chi connectivity index (χ4v) is 2.48. The van der Waals surface area contributed by atoms with Gasteiger partial charge in [-0.25, -0.2) is 4.98 Å². The van der Waals surface area contributed by atoms with Gasteiger partial charge in [0, 0.05) is 25.1 Å². The Labute approximate surface area is 101 Å². The summed E-state index contributed by atoms with van der Waals surface area (Å²) in [5.41, 5.74) is 1.29. The van der Waals surface area contributed by atoms with Gasteiger partial charge in [-0.1, -0.05) is 12.1 Å². The Hall–Kier alpha value is -1.90. The molecule has 0 radical (unpaired) electrons. The van der Waals surface area contributed by atoms with Crippen molar-refractivity contribution in [2.24, 2.45) is 0 Å². The highest BCUT2D eigenvalue weighted by Gasteiger charge is 2.26. The van der Waals surface area contributed by atoms with Crippen molar-refractivity contribution >= 4 is 5.82 Å². The van der Waals surface area contributed by atoms with Gasteiger partial charge in [-0.05, 0) is 36.6 Å². The Kier molecular flexibility index (Phi) is 2.74. The van der Waals surface area contributed by atoms with E-state index in [0.29, 0.717) is 6.04 Å². The van der Waals surface area contributed by atoms with Crippen LogP contribution in [0.3, 0.4) is 0 Å². The first-order valence-corrected chi connectivity index (χ1v) is 6.03. The molecule has 1 unspecified atom stereocenters. The molecule has 1 aliphatic rings. The molecule has 86 valence electrons. The van der Waals surface area contributed by atoms with Crippen LogP contribution in [-0.4, -0.2) is 16.5 Å². The van der Waals surface area contributed by atoms with Gasteiger partial charge in [0.2, 0.25) is 0 Å². The van der Waals surface area contributed by atoms with Crippen LogP contribution in [0.25, 0.3) is 0 Å². The largest absolute Gasteiger partial charge is 0.350 e. The zero-order valence-corrected chi connectivity index (χ0v) is 9.66. The minimum absolute atomic E-state index is 0.429. The molecule has 1 atom stereocenters. The Morgan fingerprint density at radius 3 is 2.88 bits per heavy atom. The molecule has 2 aromatic heterocycles. The van der Waals surface area contributed by atoms with Crippen LogP contribution in [0.1, 0.15) is 24.4 Å². The maximum absolute atomic E-state index is 4.44. The summed E-state index contributed by atoms with van der Waals surface area (Å²) >= 11 is 0. The molecule has 2 aromatic rings. The van der Waals surface area contributed by atoms with E-state index in [1.54, 1.807) is 0 Å². The van der Waals surface area contributed by atoms with Gasteiger partial charge < -0.3 is 4.90 Å². The number of pyridine rings is 2. The van der Waals surface area contributed by atoms with Gasteiger partial charge in [0.05, 0.1) is 6.04 Å². The minimum Gasteiger partial charge on any atom is -0.350 e. The van der Waals surface area contributed by atoms with Crippen molar-refractivity contribution in [2.45, 2.75) is 18.9 Å². The second kappa shape index (κ2) is 4.53. The molecule has 0 aliphatic carbocycles. The highest BCUT2D eigenvalue weighted by Crippen LogP contribution is 2.34. The topological polar surface area (TPSA) is 29.0 Å². The van der Waals surface area contributed by atoms with Crippen molar-refractivity contribution in [3.8, 4) is 0 Å². The van der Waals surface area contributed by atoms with Crippen molar-refractivity contribution in [2.75, 3.05) is 11.4 Å². The van der Waals surface area contributed by atoms with Gasteiger partial charge in [-0.15, -0.1) is 0 Å². The molecule has 0 spiro atoms. The summed E-state index contributed by atoms with van der Waals surface area (Å²) in [6, 6.07) is 10.7. The summed E-state index contributed by atoms with van der Waals surface area (Å²) < 4.78 is 0. The first kappa shape index (κ1) is 10.3. The summed E-state index contributed by atoms with van der Waals surface area (Å²) in [4.78, 5) is 11.0. The van der Waals surface area contributed by atoms with E-state index in [2.05, 4.69) is 27.0 Å². The molecule has 0 N–H and O–H groups in total. The fraction of sp³-hybridized carbons (Fsp3) is 0.286. The van der Waals surface area contributed by atoms with Crippen LogP contribution in [0.5, 0.6) is 0 Å². The van der Waals surface area contributed by atoms with Gasteiger partial charge in [-0.2, -0.15) is 0 Å². The lowest BCUT2D eigenvalue weighted by atomic mass is 10.1. The molecule has 3 rings (SSSR count). The molecule has 0 aromatic carbocycles. The van der Waals surface area contributed by atoms with Gasteiger partial charge in [0.1, 0.15) is 5.82 Å². The zero-order chi connectivity index (χ0) is 11.5. The van der Waals surface area contributed by atoms with Gasteiger partial charge in [0.25, 0.3) is 0 Å². The predicted molar refractivity (Wildman–Crippen MR) is 67.8 cm³/mol. The van der Waals surface area contributed by atoms with Crippen LogP contribution < -0.4 is 4.90 Å². The van der Waals surface area contributed by atoms with Gasteiger partial charge in [0.15, 0.2) is 0 Å².